The molecule has 1 fully saturated rings. The number of aromatic amines is 1. The molecule has 0 saturated heterocycles. The second kappa shape index (κ2) is 8.39. The van der Waals surface area contributed by atoms with E-state index in [9.17, 15) is 9.59 Å². The SMILES string of the molecule is CNc1cc(Nc2cccn(-c3cn[nH]c3)c2=O)nc2c(C(=O)N[C@@H]3CC[C@H]3OC)onc12. The summed E-state index contributed by atoms with van der Waals surface area (Å²) in [4.78, 5) is 30.3. The van der Waals surface area contributed by atoms with Crippen molar-refractivity contribution in [1.29, 1.82) is 0 Å². The van der Waals surface area contributed by atoms with Crippen LogP contribution in [0.5, 0.6) is 0 Å². The third-order valence-corrected chi connectivity index (χ3v) is 5.71. The minimum atomic E-state index is -0.419. The van der Waals surface area contributed by atoms with Gasteiger partial charge in [-0.25, -0.2) is 4.98 Å². The van der Waals surface area contributed by atoms with Crippen molar-refractivity contribution in [2.45, 2.75) is 25.0 Å². The number of pyridine rings is 2. The third kappa shape index (κ3) is 3.69. The third-order valence-electron chi connectivity index (χ3n) is 5.71. The van der Waals surface area contributed by atoms with Gasteiger partial charge in [-0.15, -0.1) is 0 Å². The molecule has 0 radical (unpaired) electrons. The quantitative estimate of drug-likeness (QED) is 0.330. The maximum atomic E-state index is 12.9. The molecule has 2 atom stereocenters. The normalized spacial score (nSPS) is 17.5. The van der Waals surface area contributed by atoms with Gasteiger partial charge >= 0.3 is 0 Å². The fraction of sp³-hybridized carbons (Fsp3) is 0.286. The van der Waals surface area contributed by atoms with E-state index in [-0.39, 0.29) is 29.0 Å². The van der Waals surface area contributed by atoms with Crippen LogP contribution in [0.1, 0.15) is 23.4 Å². The lowest BCUT2D eigenvalue weighted by Gasteiger charge is -2.35. The van der Waals surface area contributed by atoms with Crippen molar-refractivity contribution >= 4 is 34.1 Å². The Kier molecular flexibility index (Phi) is 5.26. The Morgan fingerprint density at radius 2 is 2.18 bits per heavy atom. The largest absolute Gasteiger partial charge is 0.386 e. The number of H-pyrrole nitrogens is 1. The average molecular weight is 450 g/mol. The molecule has 4 heterocycles. The molecule has 1 amide bonds. The number of hydrogen-bond donors (Lipinski definition) is 4. The highest BCUT2D eigenvalue weighted by Gasteiger charge is 2.34. The smallest absolute Gasteiger partial charge is 0.292 e. The molecule has 12 nitrogen and oxygen atoms in total. The highest BCUT2D eigenvalue weighted by molar-refractivity contribution is 6.05. The molecule has 1 aliphatic rings. The first-order chi connectivity index (χ1) is 16.1. The lowest BCUT2D eigenvalue weighted by atomic mass is 9.89. The molecule has 12 heteroatoms. The van der Waals surface area contributed by atoms with Crippen molar-refractivity contribution in [3.05, 3.63) is 52.9 Å². The van der Waals surface area contributed by atoms with E-state index in [2.05, 4.69) is 36.3 Å². The zero-order chi connectivity index (χ0) is 22.9. The number of fused-ring (bicyclic) bond motifs is 1. The van der Waals surface area contributed by atoms with Crippen molar-refractivity contribution in [2.24, 2.45) is 0 Å². The Bertz CT molecular complexity index is 1360. The first-order valence-corrected chi connectivity index (χ1v) is 10.4. The van der Waals surface area contributed by atoms with E-state index < -0.39 is 5.91 Å². The second-order valence-electron chi connectivity index (χ2n) is 7.62. The summed E-state index contributed by atoms with van der Waals surface area (Å²) in [5.41, 5.74) is 1.90. The summed E-state index contributed by atoms with van der Waals surface area (Å²) in [6.07, 6.45) is 6.51. The summed E-state index contributed by atoms with van der Waals surface area (Å²) >= 11 is 0. The highest BCUT2D eigenvalue weighted by Crippen LogP contribution is 2.29. The van der Waals surface area contributed by atoms with Gasteiger partial charge in [0.1, 0.15) is 17.0 Å². The van der Waals surface area contributed by atoms with E-state index in [0.29, 0.717) is 28.4 Å². The summed E-state index contributed by atoms with van der Waals surface area (Å²) < 4.78 is 12.1. The minimum Gasteiger partial charge on any atom is -0.386 e. The number of aromatic nitrogens is 5. The van der Waals surface area contributed by atoms with Crippen LogP contribution in [0.15, 0.2) is 46.1 Å². The van der Waals surface area contributed by atoms with Gasteiger partial charge in [0, 0.05) is 32.6 Å². The maximum Gasteiger partial charge on any atom is 0.292 e. The fourth-order valence-electron chi connectivity index (χ4n) is 3.78. The number of nitrogens with one attached hydrogen (secondary N) is 4. The summed E-state index contributed by atoms with van der Waals surface area (Å²) in [5.74, 6) is -0.0710. The number of rotatable bonds is 7. The molecule has 33 heavy (non-hydrogen) atoms. The maximum absolute atomic E-state index is 12.9. The topological polar surface area (TPSA) is 152 Å². The van der Waals surface area contributed by atoms with E-state index in [0.717, 1.165) is 12.8 Å². The van der Waals surface area contributed by atoms with Gasteiger partial charge in [0.05, 0.1) is 29.7 Å². The van der Waals surface area contributed by atoms with Crippen molar-refractivity contribution in [3.63, 3.8) is 0 Å². The predicted molar refractivity (Wildman–Crippen MR) is 120 cm³/mol. The van der Waals surface area contributed by atoms with Crippen LogP contribution in [0, 0.1) is 0 Å². The van der Waals surface area contributed by atoms with Gasteiger partial charge in [-0.2, -0.15) is 5.10 Å². The Hall–Kier alpha value is -4.19. The van der Waals surface area contributed by atoms with E-state index in [1.807, 2.05) is 0 Å². The fourth-order valence-corrected chi connectivity index (χ4v) is 3.78. The molecule has 5 rings (SSSR count). The monoisotopic (exact) mass is 450 g/mol. The molecule has 0 bridgehead atoms. The summed E-state index contributed by atoms with van der Waals surface area (Å²) in [7, 11) is 3.34. The molecular weight excluding hydrogens is 428 g/mol. The van der Waals surface area contributed by atoms with Gasteiger partial charge in [-0.3, -0.25) is 19.3 Å². The second-order valence-corrected chi connectivity index (χ2v) is 7.62. The lowest BCUT2D eigenvalue weighted by molar-refractivity contribution is 0.00678. The standard InChI is InChI=1S/C21H22N8O4/c1-22-14-8-16(25-13-4-3-7-29(21(13)31)11-9-23-24-10-11)27-18-17(14)28-33-19(18)20(30)26-12-5-6-15(12)32-2/h3-4,7-10,12,15,22H,5-6H2,1-2H3,(H,23,24)(H,25,27)(H,26,30)/t12-,15-/m1/s1. The Balaban J connectivity index is 1.48. The van der Waals surface area contributed by atoms with Crippen LogP contribution in [-0.2, 0) is 4.74 Å². The lowest BCUT2D eigenvalue weighted by Crippen LogP contribution is -2.51. The molecule has 1 aliphatic carbocycles. The number of hydrogen-bond acceptors (Lipinski definition) is 9. The first-order valence-electron chi connectivity index (χ1n) is 10.4. The Morgan fingerprint density at radius 3 is 2.88 bits per heavy atom. The van der Waals surface area contributed by atoms with Crippen LogP contribution in [0.4, 0.5) is 17.2 Å². The van der Waals surface area contributed by atoms with Crippen LogP contribution in [0.25, 0.3) is 16.7 Å². The average Bonchev–Trinajstić information content (AvgIpc) is 3.48. The first kappa shape index (κ1) is 20.7. The molecule has 0 unspecified atom stereocenters. The zero-order valence-electron chi connectivity index (χ0n) is 18.0. The van der Waals surface area contributed by atoms with E-state index in [4.69, 9.17) is 9.26 Å². The molecule has 0 aromatic carbocycles. The van der Waals surface area contributed by atoms with Crippen LogP contribution in [-0.4, -0.2) is 57.1 Å². The number of carbonyl (C=O) groups is 1. The summed E-state index contributed by atoms with van der Waals surface area (Å²) in [5, 5.41) is 19.6. The molecule has 0 spiro atoms. The number of carbonyl (C=O) groups excluding carboxylic acids is 1. The van der Waals surface area contributed by atoms with Crippen molar-refractivity contribution in [2.75, 3.05) is 24.8 Å². The molecule has 1 saturated carbocycles. The number of methoxy groups -OCH3 is 1. The molecule has 4 aromatic heterocycles. The van der Waals surface area contributed by atoms with Crippen LogP contribution >= 0.6 is 0 Å². The molecular formula is C21H22N8O4. The summed E-state index contributed by atoms with van der Waals surface area (Å²) in [6.45, 7) is 0. The number of amides is 1. The molecule has 170 valence electrons. The highest BCUT2D eigenvalue weighted by atomic mass is 16.5. The predicted octanol–water partition coefficient (Wildman–Crippen LogP) is 1.79. The van der Waals surface area contributed by atoms with Crippen molar-refractivity contribution in [1.82, 2.24) is 30.2 Å². The van der Waals surface area contributed by atoms with E-state index in [1.54, 1.807) is 50.9 Å². The Labute approximate surface area is 187 Å². The van der Waals surface area contributed by atoms with Gasteiger partial charge in [0.15, 0.2) is 5.52 Å². The summed E-state index contributed by atoms with van der Waals surface area (Å²) in [6, 6.07) is 4.98. The molecule has 0 aliphatic heterocycles. The number of ether oxygens (including phenoxy) is 1. The number of nitrogens with zero attached hydrogens (tertiary/aromatic N) is 4. The van der Waals surface area contributed by atoms with Crippen molar-refractivity contribution in [3.8, 4) is 5.69 Å². The van der Waals surface area contributed by atoms with Crippen molar-refractivity contribution < 1.29 is 14.1 Å². The van der Waals surface area contributed by atoms with Crippen LogP contribution in [0.2, 0.25) is 0 Å². The zero-order valence-corrected chi connectivity index (χ0v) is 18.0. The van der Waals surface area contributed by atoms with E-state index in [1.165, 1.54) is 4.57 Å². The Morgan fingerprint density at radius 1 is 1.30 bits per heavy atom. The van der Waals surface area contributed by atoms with Gasteiger partial charge < -0.3 is 25.2 Å². The minimum absolute atomic E-state index is 0.00391. The van der Waals surface area contributed by atoms with Gasteiger partial charge in [-0.05, 0) is 25.0 Å². The molecule has 4 aromatic rings. The van der Waals surface area contributed by atoms with Gasteiger partial charge in [-0.1, -0.05) is 5.16 Å². The van der Waals surface area contributed by atoms with Gasteiger partial charge in [0.25, 0.3) is 11.5 Å². The van der Waals surface area contributed by atoms with Crippen LogP contribution in [0.3, 0.4) is 0 Å². The van der Waals surface area contributed by atoms with E-state index >= 15 is 0 Å². The van der Waals surface area contributed by atoms with Crippen LogP contribution < -0.4 is 21.5 Å². The molecule has 4 N–H and O–H groups in total. The van der Waals surface area contributed by atoms with Gasteiger partial charge in [0.2, 0.25) is 5.76 Å². The number of anilines is 3.